The second kappa shape index (κ2) is 5.04. The van der Waals surface area contributed by atoms with E-state index in [1.54, 1.807) is 12.1 Å². The van der Waals surface area contributed by atoms with Crippen molar-refractivity contribution in [3.05, 3.63) is 51.8 Å². The summed E-state index contributed by atoms with van der Waals surface area (Å²) in [5, 5.41) is 3.79. The molecule has 2 rings (SSSR count). The summed E-state index contributed by atoms with van der Waals surface area (Å²) in [6.45, 7) is 1.81. The largest absolute Gasteiger partial charge is 0.397 e. The van der Waals surface area contributed by atoms with Crippen LogP contribution in [0.5, 0.6) is 0 Å². The van der Waals surface area contributed by atoms with Crippen LogP contribution in [0, 0.1) is 12.7 Å². The first kappa shape index (κ1) is 13.0. The lowest BCUT2D eigenvalue weighted by Crippen LogP contribution is -1.97. The monoisotopic (exact) mass is 284 g/mol. The average molecular weight is 285 g/mol. The highest BCUT2D eigenvalue weighted by molar-refractivity contribution is 6.42. The second-order valence-corrected chi connectivity index (χ2v) is 4.81. The Morgan fingerprint density at radius 3 is 2.39 bits per heavy atom. The number of anilines is 3. The molecule has 0 aliphatic rings. The Morgan fingerprint density at radius 2 is 1.72 bits per heavy atom. The Hall–Kier alpha value is -1.45. The van der Waals surface area contributed by atoms with Crippen LogP contribution in [0.4, 0.5) is 21.5 Å². The molecule has 0 unspecified atom stereocenters. The summed E-state index contributed by atoms with van der Waals surface area (Å²) in [6, 6.07) is 7.81. The van der Waals surface area contributed by atoms with E-state index in [0.717, 1.165) is 5.56 Å². The third-order valence-electron chi connectivity index (χ3n) is 2.41. The van der Waals surface area contributed by atoms with Crippen LogP contribution in [-0.2, 0) is 0 Å². The molecule has 2 nitrogen and oxygen atoms in total. The Kier molecular flexibility index (Phi) is 3.64. The third-order valence-corrected chi connectivity index (χ3v) is 3.14. The predicted molar refractivity (Wildman–Crippen MR) is 75.3 cm³/mol. The van der Waals surface area contributed by atoms with E-state index in [4.69, 9.17) is 28.9 Å². The minimum absolute atomic E-state index is 0.309. The SMILES string of the molecule is Cc1cc(F)cc(Nc2cc(Cl)c(Cl)cc2N)c1. The van der Waals surface area contributed by atoms with Gasteiger partial charge in [0.05, 0.1) is 21.4 Å². The Balaban J connectivity index is 2.36. The smallest absolute Gasteiger partial charge is 0.125 e. The fourth-order valence-electron chi connectivity index (χ4n) is 1.63. The van der Waals surface area contributed by atoms with Crippen LogP contribution in [0.3, 0.4) is 0 Å². The lowest BCUT2D eigenvalue weighted by Gasteiger charge is -2.11. The summed E-state index contributed by atoms with van der Waals surface area (Å²) in [6.07, 6.45) is 0. The number of halogens is 3. The van der Waals surface area contributed by atoms with Gasteiger partial charge >= 0.3 is 0 Å². The summed E-state index contributed by atoms with van der Waals surface area (Å²) in [5.74, 6) is -0.309. The lowest BCUT2D eigenvalue weighted by molar-refractivity contribution is 0.627. The van der Waals surface area contributed by atoms with Crippen LogP contribution in [0.2, 0.25) is 10.0 Å². The molecule has 0 bridgehead atoms. The molecule has 0 radical (unpaired) electrons. The van der Waals surface area contributed by atoms with E-state index < -0.39 is 0 Å². The summed E-state index contributed by atoms with van der Waals surface area (Å²) in [4.78, 5) is 0. The maximum atomic E-state index is 13.3. The normalized spacial score (nSPS) is 10.4. The Labute approximate surface area is 115 Å². The molecule has 18 heavy (non-hydrogen) atoms. The quantitative estimate of drug-likeness (QED) is 0.780. The van der Waals surface area contributed by atoms with Crippen LogP contribution in [0.25, 0.3) is 0 Å². The number of aryl methyl sites for hydroxylation is 1. The molecular weight excluding hydrogens is 274 g/mol. The van der Waals surface area contributed by atoms with Gasteiger partial charge in [-0.1, -0.05) is 23.2 Å². The standard InChI is InChI=1S/C13H11Cl2FN2/c1-7-2-8(16)4-9(3-7)18-13-6-11(15)10(14)5-12(13)17/h2-6,18H,17H2,1H3. The maximum Gasteiger partial charge on any atom is 0.125 e. The van der Waals surface area contributed by atoms with Gasteiger partial charge in [0.25, 0.3) is 0 Å². The van der Waals surface area contributed by atoms with E-state index in [9.17, 15) is 4.39 Å². The van der Waals surface area contributed by atoms with Gasteiger partial charge in [-0.05, 0) is 42.8 Å². The number of nitrogen functional groups attached to an aromatic ring is 1. The number of nitrogens with one attached hydrogen (secondary N) is 1. The average Bonchev–Trinajstić information content (AvgIpc) is 2.24. The van der Waals surface area contributed by atoms with Gasteiger partial charge in [0.1, 0.15) is 5.82 Å². The first-order chi connectivity index (χ1) is 8.45. The fourth-order valence-corrected chi connectivity index (χ4v) is 1.97. The first-order valence-corrected chi connectivity index (χ1v) is 6.00. The topological polar surface area (TPSA) is 38.0 Å². The number of nitrogens with two attached hydrogens (primary N) is 1. The molecule has 2 aromatic rings. The summed E-state index contributed by atoms with van der Waals surface area (Å²) < 4.78 is 13.3. The molecule has 0 fully saturated rings. The van der Waals surface area contributed by atoms with Gasteiger partial charge in [-0.2, -0.15) is 0 Å². The molecule has 5 heteroatoms. The summed E-state index contributed by atoms with van der Waals surface area (Å²) >= 11 is 11.8. The fraction of sp³-hybridized carbons (Fsp3) is 0.0769. The molecule has 0 aliphatic carbocycles. The van der Waals surface area contributed by atoms with Gasteiger partial charge in [-0.15, -0.1) is 0 Å². The van der Waals surface area contributed by atoms with Crippen molar-refractivity contribution in [2.45, 2.75) is 6.92 Å². The minimum Gasteiger partial charge on any atom is -0.397 e. The molecule has 0 saturated carbocycles. The first-order valence-electron chi connectivity index (χ1n) is 5.24. The van der Waals surface area contributed by atoms with Crippen molar-refractivity contribution < 1.29 is 4.39 Å². The Bertz CT molecular complexity index is 580. The van der Waals surface area contributed by atoms with E-state index in [0.29, 0.717) is 27.1 Å². The minimum atomic E-state index is -0.309. The van der Waals surface area contributed by atoms with E-state index in [1.165, 1.54) is 12.1 Å². The lowest BCUT2D eigenvalue weighted by atomic mass is 10.2. The third kappa shape index (κ3) is 2.86. The highest BCUT2D eigenvalue weighted by atomic mass is 35.5. The van der Waals surface area contributed by atoms with Gasteiger partial charge in [-0.3, -0.25) is 0 Å². The van der Waals surface area contributed by atoms with Crippen molar-refractivity contribution in [2.75, 3.05) is 11.1 Å². The molecule has 94 valence electrons. The highest BCUT2D eigenvalue weighted by Gasteiger charge is 2.06. The van der Waals surface area contributed by atoms with Gasteiger partial charge in [-0.25, -0.2) is 4.39 Å². The van der Waals surface area contributed by atoms with Gasteiger partial charge in [0.2, 0.25) is 0 Å². The molecule has 0 atom stereocenters. The maximum absolute atomic E-state index is 13.3. The zero-order valence-electron chi connectivity index (χ0n) is 9.60. The zero-order valence-corrected chi connectivity index (χ0v) is 11.1. The van der Waals surface area contributed by atoms with Crippen LogP contribution in [0.15, 0.2) is 30.3 Å². The van der Waals surface area contributed by atoms with E-state index in [-0.39, 0.29) is 5.82 Å². The number of hydrogen-bond acceptors (Lipinski definition) is 2. The van der Waals surface area contributed by atoms with Gasteiger partial charge in [0, 0.05) is 5.69 Å². The second-order valence-electron chi connectivity index (χ2n) is 4.00. The predicted octanol–water partition coefficient (Wildman–Crippen LogP) is 4.77. The molecule has 2 aromatic carbocycles. The molecular formula is C13H11Cl2FN2. The van der Waals surface area contributed by atoms with Crippen molar-refractivity contribution in [1.82, 2.24) is 0 Å². The van der Waals surface area contributed by atoms with Crippen molar-refractivity contribution in [3.8, 4) is 0 Å². The molecule has 3 N–H and O–H groups in total. The van der Waals surface area contributed by atoms with Gasteiger partial charge < -0.3 is 11.1 Å². The Morgan fingerprint density at radius 1 is 1.06 bits per heavy atom. The van der Waals surface area contributed by atoms with Crippen molar-refractivity contribution in [1.29, 1.82) is 0 Å². The number of rotatable bonds is 2. The summed E-state index contributed by atoms with van der Waals surface area (Å²) in [5.41, 5.74) is 8.28. The van der Waals surface area contributed by atoms with Crippen molar-refractivity contribution in [2.24, 2.45) is 0 Å². The molecule has 0 amide bonds. The van der Waals surface area contributed by atoms with Crippen molar-refractivity contribution in [3.63, 3.8) is 0 Å². The van der Waals surface area contributed by atoms with E-state index in [2.05, 4.69) is 5.32 Å². The zero-order chi connectivity index (χ0) is 13.3. The molecule has 0 aliphatic heterocycles. The van der Waals surface area contributed by atoms with E-state index >= 15 is 0 Å². The highest BCUT2D eigenvalue weighted by Crippen LogP contribution is 2.32. The van der Waals surface area contributed by atoms with Crippen LogP contribution >= 0.6 is 23.2 Å². The summed E-state index contributed by atoms with van der Waals surface area (Å²) in [7, 11) is 0. The molecule has 0 spiro atoms. The van der Waals surface area contributed by atoms with E-state index in [1.807, 2.05) is 13.0 Å². The van der Waals surface area contributed by atoms with Crippen LogP contribution < -0.4 is 11.1 Å². The molecule has 0 aromatic heterocycles. The van der Waals surface area contributed by atoms with Gasteiger partial charge in [0.15, 0.2) is 0 Å². The number of benzene rings is 2. The molecule has 0 saturated heterocycles. The van der Waals surface area contributed by atoms with Crippen LogP contribution in [0.1, 0.15) is 5.56 Å². The van der Waals surface area contributed by atoms with Crippen LogP contribution in [-0.4, -0.2) is 0 Å². The number of hydrogen-bond donors (Lipinski definition) is 2. The van der Waals surface area contributed by atoms with Crippen molar-refractivity contribution >= 4 is 40.3 Å². The molecule has 0 heterocycles.